The van der Waals surface area contributed by atoms with Crippen molar-refractivity contribution in [2.45, 2.75) is 17.4 Å². The van der Waals surface area contributed by atoms with Gasteiger partial charge in [0.05, 0.1) is 4.90 Å². The smallest absolute Gasteiger partial charge is 0.321 e. The molecule has 0 saturated heterocycles. The summed E-state index contributed by atoms with van der Waals surface area (Å²) in [6, 6.07) is 4.41. The van der Waals surface area contributed by atoms with Gasteiger partial charge in [-0.2, -0.15) is 16.5 Å². The van der Waals surface area contributed by atoms with Crippen LogP contribution in [0, 0.1) is 0 Å². The standard InChI is InChI=1S/C12H15NO5S2/c1-19-7-6-10(12(15)16)13-20(17,18)11-5-3-2-4-9(11)8-14/h2-5,8,10,13H,6-7H2,1H3,(H,15,16). The molecule has 1 aromatic rings. The largest absolute Gasteiger partial charge is 0.480 e. The van der Waals surface area contributed by atoms with Crippen molar-refractivity contribution in [3.8, 4) is 0 Å². The van der Waals surface area contributed by atoms with Gasteiger partial charge in [0.2, 0.25) is 10.0 Å². The van der Waals surface area contributed by atoms with Gasteiger partial charge in [-0.3, -0.25) is 9.59 Å². The van der Waals surface area contributed by atoms with E-state index in [0.29, 0.717) is 12.0 Å². The summed E-state index contributed by atoms with van der Waals surface area (Å²) in [5, 5.41) is 9.03. The van der Waals surface area contributed by atoms with E-state index in [0.717, 1.165) is 0 Å². The Labute approximate surface area is 121 Å². The Morgan fingerprint density at radius 3 is 2.65 bits per heavy atom. The van der Waals surface area contributed by atoms with Crippen LogP contribution in [0.3, 0.4) is 0 Å². The molecule has 1 atom stereocenters. The third kappa shape index (κ3) is 4.32. The molecule has 1 rings (SSSR count). The number of carbonyl (C=O) groups excluding carboxylic acids is 1. The quantitative estimate of drug-likeness (QED) is 0.693. The number of aldehydes is 1. The molecule has 8 heteroatoms. The number of nitrogens with one attached hydrogen (secondary N) is 1. The van der Waals surface area contributed by atoms with Crippen LogP contribution in [0.5, 0.6) is 0 Å². The van der Waals surface area contributed by atoms with Crippen molar-refractivity contribution in [3.63, 3.8) is 0 Å². The van der Waals surface area contributed by atoms with E-state index in [1.165, 1.54) is 36.0 Å². The SMILES string of the molecule is CSCCC(NS(=O)(=O)c1ccccc1C=O)C(=O)O. The van der Waals surface area contributed by atoms with Crippen LogP contribution < -0.4 is 4.72 Å². The van der Waals surface area contributed by atoms with Gasteiger partial charge < -0.3 is 5.11 Å². The molecule has 0 aliphatic heterocycles. The van der Waals surface area contributed by atoms with Crippen molar-refractivity contribution in [2.24, 2.45) is 0 Å². The summed E-state index contributed by atoms with van der Waals surface area (Å²) < 4.78 is 26.4. The second-order valence-electron chi connectivity index (χ2n) is 3.95. The van der Waals surface area contributed by atoms with E-state index in [1.807, 2.05) is 0 Å². The molecular weight excluding hydrogens is 302 g/mol. The van der Waals surface area contributed by atoms with Gasteiger partial charge in [-0.15, -0.1) is 0 Å². The van der Waals surface area contributed by atoms with Crippen LogP contribution in [0.2, 0.25) is 0 Å². The van der Waals surface area contributed by atoms with Crippen LogP contribution in [0.1, 0.15) is 16.8 Å². The molecule has 0 saturated carbocycles. The molecule has 0 spiro atoms. The zero-order valence-corrected chi connectivity index (χ0v) is 12.4. The predicted molar refractivity (Wildman–Crippen MR) is 76.6 cm³/mol. The fraction of sp³-hybridized carbons (Fsp3) is 0.333. The third-order valence-corrected chi connectivity index (χ3v) is 4.73. The number of rotatable bonds is 8. The lowest BCUT2D eigenvalue weighted by Crippen LogP contribution is -2.41. The molecule has 0 bridgehead atoms. The summed E-state index contributed by atoms with van der Waals surface area (Å²) in [5.41, 5.74) is -0.00555. The number of sulfonamides is 1. The van der Waals surface area contributed by atoms with Crippen LogP contribution in [0.25, 0.3) is 0 Å². The monoisotopic (exact) mass is 317 g/mol. The number of hydrogen-bond acceptors (Lipinski definition) is 5. The Kier molecular flexibility index (Phi) is 6.18. The van der Waals surface area contributed by atoms with Crippen molar-refractivity contribution < 1.29 is 23.1 Å². The maximum atomic E-state index is 12.1. The topological polar surface area (TPSA) is 101 Å². The molecule has 0 aliphatic carbocycles. The Hall–Kier alpha value is -1.38. The minimum atomic E-state index is -4.05. The highest BCUT2D eigenvalue weighted by molar-refractivity contribution is 7.98. The van der Waals surface area contributed by atoms with Crippen LogP contribution in [-0.4, -0.2) is 43.8 Å². The van der Waals surface area contributed by atoms with Gasteiger partial charge in [0.1, 0.15) is 6.04 Å². The first-order valence-electron chi connectivity index (χ1n) is 5.70. The van der Waals surface area contributed by atoms with Crippen molar-refractivity contribution in [2.75, 3.05) is 12.0 Å². The van der Waals surface area contributed by atoms with Gasteiger partial charge in [0, 0.05) is 5.56 Å². The van der Waals surface area contributed by atoms with E-state index in [-0.39, 0.29) is 16.9 Å². The first-order chi connectivity index (χ1) is 9.42. The second kappa shape index (κ2) is 7.41. The number of aliphatic carboxylic acids is 1. The number of thioether (sulfide) groups is 1. The number of carboxylic acids is 1. The minimum Gasteiger partial charge on any atom is -0.480 e. The zero-order chi connectivity index (χ0) is 15.2. The third-order valence-electron chi connectivity index (χ3n) is 2.54. The van der Waals surface area contributed by atoms with Gasteiger partial charge >= 0.3 is 5.97 Å². The summed E-state index contributed by atoms with van der Waals surface area (Å²) in [4.78, 5) is 21.7. The van der Waals surface area contributed by atoms with E-state index in [1.54, 1.807) is 6.26 Å². The minimum absolute atomic E-state index is 0.00555. The molecule has 2 N–H and O–H groups in total. The molecule has 0 heterocycles. The second-order valence-corrected chi connectivity index (χ2v) is 6.62. The average molecular weight is 317 g/mol. The number of benzene rings is 1. The maximum absolute atomic E-state index is 12.1. The highest BCUT2D eigenvalue weighted by Crippen LogP contribution is 2.15. The molecular formula is C12H15NO5S2. The molecule has 0 aliphatic rings. The number of carbonyl (C=O) groups is 2. The van der Waals surface area contributed by atoms with Gasteiger partial charge in [-0.05, 0) is 24.5 Å². The maximum Gasteiger partial charge on any atom is 0.321 e. The Balaban J connectivity index is 3.03. The Morgan fingerprint density at radius 1 is 1.45 bits per heavy atom. The van der Waals surface area contributed by atoms with Crippen molar-refractivity contribution >= 4 is 34.0 Å². The molecule has 6 nitrogen and oxygen atoms in total. The van der Waals surface area contributed by atoms with Gasteiger partial charge in [0.15, 0.2) is 6.29 Å². The van der Waals surface area contributed by atoms with Crippen LogP contribution >= 0.6 is 11.8 Å². The molecule has 0 aromatic heterocycles. The fourth-order valence-electron chi connectivity index (χ4n) is 1.54. The van der Waals surface area contributed by atoms with Crippen LogP contribution in [0.15, 0.2) is 29.2 Å². The highest BCUT2D eigenvalue weighted by Gasteiger charge is 2.26. The summed E-state index contributed by atoms with van der Waals surface area (Å²) in [5.74, 6) is -0.736. The van der Waals surface area contributed by atoms with E-state index in [9.17, 15) is 18.0 Å². The van der Waals surface area contributed by atoms with Crippen LogP contribution in [0.4, 0.5) is 0 Å². The molecule has 0 fully saturated rings. The Morgan fingerprint density at radius 2 is 2.10 bits per heavy atom. The lowest BCUT2D eigenvalue weighted by molar-refractivity contribution is -0.139. The summed E-state index contributed by atoms with van der Waals surface area (Å²) in [7, 11) is -4.05. The van der Waals surface area contributed by atoms with Gasteiger partial charge in [-0.25, -0.2) is 8.42 Å². The number of carboxylic acid groups (broad SMARTS) is 1. The highest BCUT2D eigenvalue weighted by atomic mass is 32.2. The molecule has 20 heavy (non-hydrogen) atoms. The van der Waals surface area contributed by atoms with Crippen molar-refractivity contribution in [1.29, 1.82) is 0 Å². The van der Waals surface area contributed by atoms with Gasteiger partial charge in [-0.1, -0.05) is 18.2 Å². The van der Waals surface area contributed by atoms with Crippen molar-refractivity contribution in [3.05, 3.63) is 29.8 Å². The zero-order valence-electron chi connectivity index (χ0n) is 10.8. The fourth-order valence-corrected chi connectivity index (χ4v) is 3.42. The molecule has 0 radical (unpaired) electrons. The van der Waals surface area contributed by atoms with E-state index in [4.69, 9.17) is 5.11 Å². The van der Waals surface area contributed by atoms with E-state index < -0.39 is 22.0 Å². The predicted octanol–water partition coefficient (Wildman–Crippen LogP) is 0.984. The van der Waals surface area contributed by atoms with E-state index in [2.05, 4.69) is 4.72 Å². The summed E-state index contributed by atoms with van der Waals surface area (Å²) >= 11 is 1.42. The summed E-state index contributed by atoms with van der Waals surface area (Å²) in [6.45, 7) is 0. The molecule has 1 aromatic carbocycles. The van der Waals surface area contributed by atoms with Gasteiger partial charge in [0.25, 0.3) is 0 Å². The lowest BCUT2D eigenvalue weighted by atomic mass is 10.2. The molecule has 1 unspecified atom stereocenters. The normalized spacial score (nSPS) is 12.8. The summed E-state index contributed by atoms with van der Waals surface area (Å²) in [6.07, 6.45) is 2.39. The van der Waals surface area contributed by atoms with Crippen LogP contribution in [-0.2, 0) is 14.8 Å². The molecule has 0 amide bonds. The average Bonchev–Trinajstić information content (AvgIpc) is 2.43. The first kappa shape index (κ1) is 16.7. The molecule has 110 valence electrons. The number of hydrogen-bond donors (Lipinski definition) is 2. The lowest BCUT2D eigenvalue weighted by Gasteiger charge is -2.15. The van der Waals surface area contributed by atoms with Crippen molar-refractivity contribution in [1.82, 2.24) is 4.72 Å². The first-order valence-corrected chi connectivity index (χ1v) is 8.58. The Bertz CT molecular complexity index is 585. The van der Waals surface area contributed by atoms with E-state index >= 15 is 0 Å².